The molecule has 102 valence electrons. The minimum atomic E-state index is 0.349. The van der Waals surface area contributed by atoms with Gasteiger partial charge in [0, 0.05) is 43.8 Å². The van der Waals surface area contributed by atoms with Crippen LogP contribution in [0.5, 0.6) is 0 Å². The molecule has 1 atom stereocenters. The Labute approximate surface area is 113 Å². The number of ether oxygens (including phenoxy) is 1. The molecule has 4 nitrogen and oxygen atoms in total. The number of morpholine rings is 1. The maximum Gasteiger partial charge on any atom is 0.0716 e. The van der Waals surface area contributed by atoms with Gasteiger partial charge in [-0.3, -0.25) is 0 Å². The average Bonchev–Trinajstić information content (AvgIpc) is 2.90. The Bertz CT molecular complexity index is 531. The van der Waals surface area contributed by atoms with E-state index in [1.54, 1.807) is 0 Å². The first-order chi connectivity index (χ1) is 9.34. The molecule has 1 unspecified atom stereocenters. The first-order valence-electron chi connectivity index (χ1n) is 6.94. The van der Waals surface area contributed by atoms with Gasteiger partial charge in [0.1, 0.15) is 0 Å². The van der Waals surface area contributed by atoms with E-state index in [2.05, 4.69) is 52.7 Å². The van der Waals surface area contributed by atoms with Crippen LogP contribution in [0.15, 0.2) is 30.5 Å². The summed E-state index contributed by atoms with van der Waals surface area (Å²) < 4.78 is 5.74. The molecular weight excluding hydrogens is 238 g/mol. The van der Waals surface area contributed by atoms with Crippen molar-refractivity contribution in [3.8, 4) is 0 Å². The predicted octanol–water partition coefficient (Wildman–Crippen LogP) is 1.98. The number of aromatic amines is 1. The quantitative estimate of drug-likeness (QED) is 0.882. The average molecular weight is 259 g/mol. The summed E-state index contributed by atoms with van der Waals surface area (Å²) in [5.74, 6) is 0. The van der Waals surface area contributed by atoms with Crippen molar-refractivity contribution in [1.82, 2.24) is 10.3 Å². The largest absolute Gasteiger partial charge is 0.376 e. The fourth-order valence-electron chi connectivity index (χ4n) is 2.64. The minimum Gasteiger partial charge on any atom is -0.376 e. The standard InChI is InChI=1S/C15H21N3O/c1-18(8-6-12-10-16-7-9-19-12)15-11-17-14-5-3-2-4-13(14)15/h2-5,11-12,16-17H,6-10H2,1H3. The molecule has 0 bridgehead atoms. The molecule has 0 radical (unpaired) electrons. The second-order valence-corrected chi connectivity index (χ2v) is 5.13. The molecule has 2 N–H and O–H groups in total. The second-order valence-electron chi connectivity index (χ2n) is 5.13. The topological polar surface area (TPSA) is 40.3 Å². The summed E-state index contributed by atoms with van der Waals surface area (Å²) in [6, 6.07) is 8.42. The van der Waals surface area contributed by atoms with Gasteiger partial charge in [-0.05, 0) is 12.5 Å². The molecule has 1 saturated heterocycles. The fraction of sp³-hybridized carbons (Fsp3) is 0.467. The van der Waals surface area contributed by atoms with Crippen molar-refractivity contribution in [2.75, 3.05) is 38.2 Å². The number of hydrogen-bond donors (Lipinski definition) is 2. The molecule has 1 aromatic carbocycles. The number of para-hydroxylation sites is 1. The Morgan fingerprint density at radius 3 is 3.11 bits per heavy atom. The van der Waals surface area contributed by atoms with Crippen molar-refractivity contribution in [2.24, 2.45) is 0 Å². The lowest BCUT2D eigenvalue weighted by molar-refractivity contribution is 0.0250. The van der Waals surface area contributed by atoms with Crippen LogP contribution in [0.1, 0.15) is 6.42 Å². The maximum atomic E-state index is 5.74. The van der Waals surface area contributed by atoms with Gasteiger partial charge in [0.25, 0.3) is 0 Å². The molecule has 0 saturated carbocycles. The zero-order valence-corrected chi connectivity index (χ0v) is 11.4. The molecule has 4 heteroatoms. The molecule has 3 rings (SSSR count). The second kappa shape index (κ2) is 5.63. The van der Waals surface area contributed by atoms with E-state index >= 15 is 0 Å². The number of nitrogens with one attached hydrogen (secondary N) is 2. The zero-order valence-electron chi connectivity index (χ0n) is 11.4. The Morgan fingerprint density at radius 2 is 2.26 bits per heavy atom. The summed E-state index contributed by atoms with van der Waals surface area (Å²) in [5.41, 5.74) is 2.46. The summed E-state index contributed by atoms with van der Waals surface area (Å²) in [6.45, 7) is 3.80. The molecule has 1 aliphatic heterocycles. The molecule has 1 aliphatic rings. The van der Waals surface area contributed by atoms with Crippen molar-refractivity contribution in [3.05, 3.63) is 30.5 Å². The Kier molecular flexibility index (Phi) is 3.71. The lowest BCUT2D eigenvalue weighted by Gasteiger charge is -2.26. The Balaban J connectivity index is 1.64. The van der Waals surface area contributed by atoms with Crippen molar-refractivity contribution < 1.29 is 4.74 Å². The van der Waals surface area contributed by atoms with Crippen LogP contribution in [0.3, 0.4) is 0 Å². The number of H-pyrrole nitrogens is 1. The van der Waals surface area contributed by atoms with E-state index in [9.17, 15) is 0 Å². The molecule has 0 spiro atoms. The molecular formula is C15H21N3O. The highest BCUT2D eigenvalue weighted by molar-refractivity contribution is 5.92. The molecule has 1 fully saturated rings. The predicted molar refractivity (Wildman–Crippen MR) is 78.8 cm³/mol. The van der Waals surface area contributed by atoms with Crippen LogP contribution in [0, 0.1) is 0 Å². The molecule has 1 aromatic heterocycles. The number of nitrogens with zero attached hydrogens (tertiary/aromatic N) is 1. The minimum absolute atomic E-state index is 0.349. The smallest absolute Gasteiger partial charge is 0.0716 e. The van der Waals surface area contributed by atoms with Crippen molar-refractivity contribution >= 4 is 16.6 Å². The van der Waals surface area contributed by atoms with Crippen molar-refractivity contribution in [3.63, 3.8) is 0 Å². The van der Waals surface area contributed by atoms with E-state index in [1.807, 2.05) is 0 Å². The van der Waals surface area contributed by atoms with Crippen molar-refractivity contribution in [2.45, 2.75) is 12.5 Å². The highest BCUT2D eigenvalue weighted by Gasteiger charge is 2.15. The highest BCUT2D eigenvalue weighted by atomic mass is 16.5. The normalized spacial score (nSPS) is 19.7. The third-order valence-corrected chi connectivity index (χ3v) is 3.77. The van der Waals surface area contributed by atoms with Gasteiger partial charge in [0.05, 0.1) is 18.4 Å². The molecule has 2 aromatic rings. The van der Waals surface area contributed by atoms with Crippen LogP contribution in [-0.2, 0) is 4.74 Å². The number of fused-ring (bicyclic) bond motifs is 1. The zero-order chi connectivity index (χ0) is 13.1. The van der Waals surface area contributed by atoms with Gasteiger partial charge >= 0.3 is 0 Å². The number of benzene rings is 1. The van der Waals surface area contributed by atoms with Gasteiger partial charge < -0.3 is 19.9 Å². The summed E-state index contributed by atoms with van der Waals surface area (Å²) in [4.78, 5) is 5.62. The maximum absolute atomic E-state index is 5.74. The Morgan fingerprint density at radius 1 is 1.37 bits per heavy atom. The Hall–Kier alpha value is -1.52. The van der Waals surface area contributed by atoms with Crippen LogP contribution in [0.2, 0.25) is 0 Å². The lowest BCUT2D eigenvalue weighted by Crippen LogP contribution is -2.40. The van der Waals surface area contributed by atoms with Gasteiger partial charge in [-0.25, -0.2) is 0 Å². The first-order valence-corrected chi connectivity index (χ1v) is 6.94. The van der Waals surface area contributed by atoms with E-state index in [0.717, 1.165) is 32.7 Å². The lowest BCUT2D eigenvalue weighted by atomic mass is 10.2. The van der Waals surface area contributed by atoms with Gasteiger partial charge in [0.2, 0.25) is 0 Å². The van der Waals surface area contributed by atoms with E-state index in [0.29, 0.717) is 6.10 Å². The van der Waals surface area contributed by atoms with Gasteiger partial charge in [-0.15, -0.1) is 0 Å². The summed E-state index contributed by atoms with van der Waals surface area (Å²) in [6.07, 6.45) is 3.50. The number of aromatic nitrogens is 1. The first kappa shape index (κ1) is 12.5. The van der Waals surface area contributed by atoms with Crippen molar-refractivity contribution in [1.29, 1.82) is 0 Å². The molecule has 2 heterocycles. The van der Waals surface area contributed by atoms with Crippen LogP contribution in [0.4, 0.5) is 5.69 Å². The molecule has 0 aliphatic carbocycles. The number of hydrogen-bond acceptors (Lipinski definition) is 3. The van der Waals surface area contributed by atoms with Crippen LogP contribution in [-0.4, -0.2) is 44.4 Å². The van der Waals surface area contributed by atoms with E-state index in [-0.39, 0.29) is 0 Å². The highest BCUT2D eigenvalue weighted by Crippen LogP contribution is 2.25. The number of anilines is 1. The SMILES string of the molecule is CN(CCC1CNCCO1)c1c[nH]c2ccccc12. The van der Waals surface area contributed by atoms with E-state index in [1.165, 1.54) is 16.6 Å². The van der Waals surface area contributed by atoms with Gasteiger partial charge in [-0.2, -0.15) is 0 Å². The third kappa shape index (κ3) is 2.74. The summed E-state index contributed by atoms with van der Waals surface area (Å²) in [7, 11) is 2.14. The van der Waals surface area contributed by atoms with E-state index < -0.39 is 0 Å². The molecule has 19 heavy (non-hydrogen) atoms. The summed E-state index contributed by atoms with van der Waals surface area (Å²) in [5, 5.41) is 4.66. The fourth-order valence-corrected chi connectivity index (χ4v) is 2.64. The van der Waals surface area contributed by atoms with Gasteiger partial charge in [-0.1, -0.05) is 18.2 Å². The number of rotatable bonds is 4. The van der Waals surface area contributed by atoms with E-state index in [4.69, 9.17) is 4.74 Å². The monoisotopic (exact) mass is 259 g/mol. The van der Waals surface area contributed by atoms with Crippen LogP contribution < -0.4 is 10.2 Å². The molecule has 0 amide bonds. The third-order valence-electron chi connectivity index (χ3n) is 3.77. The van der Waals surface area contributed by atoms with Crippen LogP contribution >= 0.6 is 0 Å². The van der Waals surface area contributed by atoms with Crippen LogP contribution in [0.25, 0.3) is 10.9 Å². The summed E-state index contributed by atoms with van der Waals surface area (Å²) >= 11 is 0. The van der Waals surface area contributed by atoms with Gasteiger partial charge in [0.15, 0.2) is 0 Å².